The van der Waals surface area contributed by atoms with Gasteiger partial charge in [0.05, 0.1) is 21.3 Å². The fourth-order valence-electron chi connectivity index (χ4n) is 2.79. The molecule has 0 aliphatic carbocycles. The summed E-state index contributed by atoms with van der Waals surface area (Å²) >= 11 is 0. The van der Waals surface area contributed by atoms with Crippen LogP contribution in [0.2, 0.25) is 0 Å². The van der Waals surface area contributed by atoms with Gasteiger partial charge in [-0.3, -0.25) is 9.00 Å². The number of benzene rings is 2. The molecule has 0 radical (unpaired) electrons. The van der Waals surface area contributed by atoms with Crippen molar-refractivity contribution in [1.82, 2.24) is 4.90 Å². The molecule has 0 aromatic heterocycles. The summed E-state index contributed by atoms with van der Waals surface area (Å²) in [6.07, 6.45) is 0.538. The second kappa shape index (κ2) is 9.15. The van der Waals surface area contributed by atoms with Crippen LogP contribution < -0.4 is 0 Å². The maximum Gasteiger partial charge on any atom is 0.340 e. The van der Waals surface area contributed by atoms with Crippen LogP contribution in [0.4, 0.5) is 0 Å². The van der Waals surface area contributed by atoms with Gasteiger partial charge in [0.2, 0.25) is 0 Å². The molecule has 0 aliphatic rings. The van der Waals surface area contributed by atoms with E-state index in [0.29, 0.717) is 11.4 Å². The zero-order valence-corrected chi connectivity index (χ0v) is 17.8. The lowest BCUT2D eigenvalue weighted by Crippen LogP contribution is -2.49. The molecule has 1 amide bonds. The van der Waals surface area contributed by atoms with Crippen molar-refractivity contribution >= 4 is 22.7 Å². The summed E-state index contributed by atoms with van der Waals surface area (Å²) < 4.78 is 17.3. The molecule has 0 heterocycles. The van der Waals surface area contributed by atoms with E-state index in [2.05, 4.69) is 0 Å². The largest absolute Gasteiger partial charge is 0.449 e. The lowest BCUT2D eigenvalue weighted by atomic mass is 10.0. The molecule has 0 saturated heterocycles. The first kappa shape index (κ1) is 21.8. The highest BCUT2D eigenvalue weighted by Crippen LogP contribution is 2.21. The Hall–Kier alpha value is -2.47. The average molecular weight is 402 g/mol. The normalized spacial score (nSPS) is 13.5. The topological polar surface area (TPSA) is 63.7 Å². The van der Waals surface area contributed by atoms with Crippen molar-refractivity contribution in [2.45, 2.75) is 50.8 Å². The third-order valence-electron chi connectivity index (χ3n) is 4.31. The fourth-order valence-corrected chi connectivity index (χ4v) is 3.52. The van der Waals surface area contributed by atoms with Crippen molar-refractivity contribution in [3.8, 4) is 0 Å². The molecule has 0 aliphatic heterocycles. The summed E-state index contributed by atoms with van der Waals surface area (Å²) in [4.78, 5) is 27.7. The Balaban J connectivity index is 2.19. The molecule has 6 heteroatoms. The van der Waals surface area contributed by atoms with Crippen molar-refractivity contribution in [2.24, 2.45) is 0 Å². The minimum absolute atomic E-state index is 0.216. The monoisotopic (exact) mass is 401 g/mol. The van der Waals surface area contributed by atoms with Gasteiger partial charge in [-0.2, -0.15) is 0 Å². The molecule has 5 nitrogen and oxygen atoms in total. The number of ether oxygens (including phenoxy) is 1. The molecule has 2 aromatic rings. The highest BCUT2D eigenvalue weighted by atomic mass is 32.2. The Morgan fingerprint density at radius 2 is 1.61 bits per heavy atom. The molecule has 28 heavy (non-hydrogen) atoms. The predicted octanol–water partition coefficient (Wildman–Crippen LogP) is 3.80. The smallest absolute Gasteiger partial charge is 0.340 e. The number of rotatable bonds is 6. The van der Waals surface area contributed by atoms with E-state index in [1.165, 1.54) is 6.26 Å². The maximum absolute atomic E-state index is 13.1. The van der Waals surface area contributed by atoms with E-state index in [9.17, 15) is 13.8 Å². The quantitative estimate of drug-likeness (QED) is 0.691. The van der Waals surface area contributed by atoms with Gasteiger partial charge >= 0.3 is 5.97 Å². The van der Waals surface area contributed by atoms with E-state index in [-0.39, 0.29) is 11.5 Å². The Labute approximate surface area is 169 Å². The number of nitrogens with zero attached hydrogens (tertiary/aromatic N) is 1. The van der Waals surface area contributed by atoms with Crippen LogP contribution in [0.25, 0.3) is 0 Å². The summed E-state index contributed by atoms with van der Waals surface area (Å²) in [7, 11) is -1.33. The van der Waals surface area contributed by atoms with E-state index in [4.69, 9.17) is 4.74 Å². The van der Waals surface area contributed by atoms with Gasteiger partial charge in [-0.25, -0.2) is 4.79 Å². The second-order valence-corrected chi connectivity index (χ2v) is 8.93. The molecule has 0 unspecified atom stereocenters. The molecular weight excluding hydrogens is 374 g/mol. The minimum Gasteiger partial charge on any atom is -0.449 e. The van der Waals surface area contributed by atoms with Crippen LogP contribution in [0.15, 0.2) is 59.5 Å². The van der Waals surface area contributed by atoms with E-state index >= 15 is 0 Å². The average Bonchev–Trinajstić information content (AvgIpc) is 2.65. The number of amides is 1. The van der Waals surface area contributed by atoms with Gasteiger partial charge in [-0.05, 0) is 45.4 Å². The molecule has 2 rings (SSSR count). The molecule has 2 aromatic carbocycles. The Morgan fingerprint density at radius 1 is 1.04 bits per heavy atom. The fraction of sp³-hybridized carbons (Fsp3) is 0.364. The maximum atomic E-state index is 13.1. The second-order valence-electron chi connectivity index (χ2n) is 7.58. The van der Waals surface area contributed by atoms with Gasteiger partial charge in [0.1, 0.15) is 0 Å². The summed E-state index contributed by atoms with van der Waals surface area (Å²) in [5.41, 5.74) is 0.764. The zero-order chi connectivity index (χ0) is 20.9. The summed E-state index contributed by atoms with van der Waals surface area (Å²) in [5, 5.41) is 0. The molecule has 0 fully saturated rings. The summed E-state index contributed by atoms with van der Waals surface area (Å²) in [6, 6.07) is 16.2. The van der Waals surface area contributed by atoms with Crippen LogP contribution in [-0.2, 0) is 26.9 Å². The molecule has 2 atom stereocenters. The highest BCUT2D eigenvalue weighted by molar-refractivity contribution is 7.84. The van der Waals surface area contributed by atoms with Gasteiger partial charge < -0.3 is 9.64 Å². The minimum atomic E-state index is -1.33. The number of esters is 1. The Morgan fingerprint density at radius 3 is 2.18 bits per heavy atom. The van der Waals surface area contributed by atoms with E-state index in [1.807, 2.05) is 51.1 Å². The van der Waals surface area contributed by atoms with Crippen LogP contribution >= 0.6 is 0 Å². The summed E-state index contributed by atoms with van der Waals surface area (Å²) in [6.45, 7) is 7.81. The van der Waals surface area contributed by atoms with Crippen LogP contribution in [0.5, 0.6) is 0 Å². The SMILES string of the molecule is C[C@@H](OC(=O)c1ccccc1[S@@](C)=O)C(=O)N(Cc1ccccc1)C(C)(C)C. The van der Waals surface area contributed by atoms with Gasteiger partial charge in [0, 0.05) is 18.3 Å². The Kier molecular flexibility index (Phi) is 7.13. The van der Waals surface area contributed by atoms with Crippen LogP contribution in [0, 0.1) is 0 Å². The first-order valence-corrected chi connectivity index (χ1v) is 10.7. The van der Waals surface area contributed by atoms with Gasteiger partial charge in [-0.1, -0.05) is 42.5 Å². The number of hydrogen-bond donors (Lipinski definition) is 0. The molecular formula is C22H27NO4S. The van der Waals surface area contributed by atoms with Crippen molar-refractivity contribution in [2.75, 3.05) is 6.26 Å². The van der Waals surface area contributed by atoms with E-state index < -0.39 is 28.4 Å². The van der Waals surface area contributed by atoms with Crippen molar-refractivity contribution < 1.29 is 18.5 Å². The number of hydrogen-bond acceptors (Lipinski definition) is 4. The van der Waals surface area contributed by atoms with Crippen molar-refractivity contribution in [1.29, 1.82) is 0 Å². The Bertz CT molecular complexity index is 858. The van der Waals surface area contributed by atoms with Crippen molar-refractivity contribution in [3.05, 3.63) is 65.7 Å². The van der Waals surface area contributed by atoms with E-state index in [0.717, 1.165) is 5.56 Å². The molecule has 150 valence electrons. The zero-order valence-electron chi connectivity index (χ0n) is 17.0. The number of carbonyl (C=O) groups excluding carboxylic acids is 2. The van der Waals surface area contributed by atoms with Gasteiger partial charge in [0.25, 0.3) is 5.91 Å². The lowest BCUT2D eigenvalue weighted by Gasteiger charge is -2.37. The lowest BCUT2D eigenvalue weighted by molar-refractivity contribution is -0.145. The highest BCUT2D eigenvalue weighted by Gasteiger charge is 2.32. The predicted molar refractivity (Wildman–Crippen MR) is 110 cm³/mol. The third-order valence-corrected chi connectivity index (χ3v) is 5.28. The first-order chi connectivity index (χ1) is 13.1. The third kappa shape index (κ3) is 5.52. The van der Waals surface area contributed by atoms with Crippen LogP contribution in [0.1, 0.15) is 43.6 Å². The molecule has 0 N–H and O–H groups in total. The summed E-state index contributed by atoms with van der Waals surface area (Å²) in [5.74, 6) is -0.931. The standard InChI is InChI=1S/C22H27NO4S/c1-16(27-21(25)18-13-9-10-14-19(18)28(5)26)20(24)23(22(2,3)4)15-17-11-7-6-8-12-17/h6-14,16H,15H2,1-5H3/t16-,28-/m1/s1. The van der Waals surface area contributed by atoms with Gasteiger partial charge in [-0.15, -0.1) is 0 Å². The number of carbonyl (C=O) groups is 2. The first-order valence-electron chi connectivity index (χ1n) is 9.10. The van der Waals surface area contributed by atoms with Crippen LogP contribution in [0.3, 0.4) is 0 Å². The van der Waals surface area contributed by atoms with Gasteiger partial charge in [0.15, 0.2) is 6.10 Å². The molecule has 0 spiro atoms. The molecule has 0 saturated carbocycles. The molecule has 0 bridgehead atoms. The van der Waals surface area contributed by atoms with Crippen LogP contribution in [-0.4, -0.2) is 38.9 Å². The van der Waals surface area contributed by atoms with Crippen molar-refractivity contribution in [3.63, 3.8) is 0 Å². The van der Waals surface area contributed by atoms with E-state index in [1.54, 1.807) is 36.1 Å².